The summed E-state index contributed by atoms with van der Waals surface area (Å²) in [7, 11) is 0. The predicted molar refractivity (Wildman–Crippen MR) is 71.0 cm³/mol. The van der Waals surface area contributed by atoms with Crippen molar-refractivity contribution in [3.63, 3.8) is 0 Å². The maximum absolute atomic E-state index is 14.0. The van der Waals surface area contributed by atoms with Crippen molar-refractivity contribution in [1.29, 1.82) is 0 Å². The van der Waals surface area contributed by atoms with Crippen LogP contribution in [-0.2, 0) is 0 Å². The Morgan fingerprint density at radius 1 is 1.11 bits per heavy atom. The van der Waals surface area contributed by atoms with Crippen LogP contribution in [0.1, 0.15) is 18.1 Å². The molecular weight excluding hydrogens is 248 g/mol. The molecule has 100 valence electrons. The van der Waals surface area contributed by atoms with E-state index in [-0.39, 0.29) is 11.1 Å². The van der Waals surface area contributed by atoms with Gasteiger partial charge in [-0.1, -0.05) is 6.07 Å². The summed E-state index contributed by atoms with van der Waals surface area (Å²) in [5.41, 5.74) is 1.54. The van der Waals surface area contributed by atoms with Gasteiger partial charge in [-0.25, -0.2) is 18.7 Å². The Morgan fingerprint density at radius 2 is 1.84 bits per heavy atom. The minimum Gasteiger partial charge on any atom is -0.370 e. The molecule has 2 aromatic rings. The monoisotopic (exact) mass is 263 g/mol. The average Bonchev–Trinajstić information content (AvgIpc) is 2.40. The number of nitrogens with one attached hydrogen (secondary N) is 1. The maximum atomic E-state index is 14.0. The third-order valence-corrected chi connectivity index (χ3v) is 2.96. The highest BCUT2D eigenvalue weighted by atomic mass is 19.2. The highest BCUT2D eigenvalue weighted by molar-refractivity contribution is 5.68. The summed E-state index contributed by atoms with van der Waals surface area (Å²) in [6, 6.07) is 3.08. The number of nitrogens with zero attached hydrogens (tertiary/aromatic N) is 2. The molecule has 0 saturated heterocycles. The summed E-state index contributed by atoms with van der Waals surface area (Å²) in [4.78, 5) is 8.15. The van der Waals surface area contributed by atoms with Gasteiger partial charge >= 0.3 is 0 Å². The topological polar surface area (TPSA) is 37.8 Å². The number of aromatic nitrogens is 2. The van der Waals surface area contributed by atoms with Crippen molar-refractivity contribution < 1.29 is 8.78 Å². The lowest BCUT2D eigenvalue weighted by Crippen LogP contribution is -2.05. The molecule has 1 aromatic heterocycles. The van der Waals surface area contributed by atoms with E-state index < -0.39 is 11.6 Å². The molecule has 0 aliphatic rings. The van der Waals surface area contributed by atoms with Gasteiger partial charge in [-0.15, -0.1) is 0 Å². The number of rotatable bonds is 3. The van der Waals surface area contributed by atoms with E-state index in [0.29, 0.717) is 23.6 Å². The van der Waals surface area contributed by atoms with Crippen LogP contribution in [0.2, 0.25) is 0 Å². The van der Waals surface area contributed by atoms with Crippen molar-refractivity contribution in [2.45, 2.75) is 20.8 Å². The van der Waals surface area contributed by atoms with Crippen LogP contribution in [0, 0.1) is 25.5 Å². The van der Waals surface area contributed by atoms with Crippen molar-refractivity contribution in [2.24, 2.45) is 0 Å². The van der Waals surface area contributed by atoms with Crippen molar-refractivity contribution in [2.75, 3.05) is 11.9 Å². The van der Waals surface area contributed by atoms with E-state index >= 15 is 0 Å². The lowest BCUT2D eigenvalue weighted by atomic mass is 10.0. The molecule has 5 heteroatoms. The Bertz CT molecular complexity index is 612. The van der Waals surface area contributed by atoms with Crippen LogP contribution >= 0.6 is 0 Å². The summed E-state index contributed by atoms with van der Waals surface area (Å²) in [6.07, 6.45) is 1.34. The fourth-order valence-electron chi connectivity index (χ4n) is 1.90. The Balaban J connectivity index is 2.60. The van der Waals surface area contributed by atoms with Gasteiger partial charge in [0.25, 0.3) is 0 Å². The molecule has 2 rings (SSSR count). The van der Waals surface area contributed by atoms with Gasteiger partial charge in [-0.3, -0.25) is 0 Å². The lowest BCUT2D eigenvalue weighted by Gasteiger charge is -2.11. The molecule has 0 saturated carbocycles. The standard InChI is InChI=1S/C14H15F2N3/c1-4-17-14-9(3)13(18-7-19-14)10-6-5-8(2)11(15)12(10)16/h5-7H,4H2,1-3H3,(H,17,18,19). The molecule has 0 fully saturated rings. The van der Waals surface area contributed by atoms with E-state index in [1.807, 2.05) is 6.92 Å². The largest absolute Gasteiger partial charge is 0.370 e. The van der Waals surface area contributed by atoms with Crippen LogP contribution < -0.4 is 5.32 Å². The van der Waals surface area contributed by atoms with Gasteiger partial charge in [0.05, 0.1) is 5.69 Å². The molecule has 1 heterocycles. The summed E-state index contributed by atoms with van der Waals surface area (Å²) < 4.78 is 27.6. The number of hydrogen-bond donors (Lipinski definition) is 1. The third kappa shape index (κ3) is 2.41. The molecule has 0 radical (unpaired) electrons. The molecule has 0 bridgehead atoms. The van der Waals surface area contributed by atoms with E-state index in [2.05, 4.69) is 15.3 Å². The van der Waals surface area contributed by atoms with Gasteiger partial charge < -0.3 is 5.32 Å². The van der Waals surface area contributed by atoms with Crippen molar-refractivity contribution in [3.05, 3.63) is 41.2 Å². The van der Waals surface area contributed by atoms with Gasteiger partial charge in [0.1, 0.15) is 12.1 Å². The Kier molecular flexibility index (Phi) is 3.74. The van der Waals surface area contributed by atoms with Crippen LogP contribution in [0.15, 0.2) is 18.5 Å². The molecule has 3 nitrogen and oxygen atoms in total. The van der Waals surface area contributed by atoms with Gasteiger partial charge in [0.15, 0.2) is 11.6 Å². The average molecular weight is 263 g/mol. The van der Waals surface area contributed by atoms with E-state index in [4.69, 9.17) is 0 Å². The quantitative estimate of drug-likeness (QED) is 0.921. The molecule has 0 unspecified atom stereocenters. The van der Waals surface area contributed by atoms with Crippen molar-refractivity contribution >= 4 is 5.82 Å². The second kappa shape index (κ2) is 5.30. The first-order valence-electron chi connectivity index (χ1n) is 6.06. The lowest BCUT2D eigenvalue weighted by molar-refractivity contribution is 0.505. The maximum Gasteiger partial charge on any atom is 0.168 e. The zero-order chi connectivity index (χ0) is 14.0. The summed E-state index contributed by atoms with van der Waals surface area (Å²) in [6.45, 7) is 5.94. The predicted octanol–water partition coefficient (Wildman–Crippen LogP) is 3.47. The first kappa shape index (κ1) is 13.4. The van der Waals surface area contributed by atoms with Crippen molar-refractivity contribution in [3.8, 4) is 11.3 Å². The molecule has 0 spiro atoms. The van der Waals surface area contributed by atoms with E-state index in [1.165, 1.54) is 13.3 Å². The zero-order valence-corrected chi connectivity index (χ0v) is 11.1. The van der Waals surface area contributed by atoms with Crippen molar-refractivity contribution in [1.82, 2.24) is 9.97 Å². The second-order valence-corrected chi connectivity index (χ2v) is 4.28. The molecule has 0 amide bonds. The SMILES string of the molecule is CCNc1ncnc(-c2ccc(C)c(F)c2F)c1C. The zero-order valence-electron chi connectivity index (χ0n) is 11.1. The Hall–Kier alpha value is -2.04. The Morgan fingerprint density at radius 3 is 2.53 bits per heavy atom. The van der Waals surface area contributed by atoms with E-state index in [0.717, 1.165) is 0 Å². The number of aryl methyl sites for hydroxylation is 1. The third-order valence-electron chi connectivity index (χ3n) is 2.96. The number of halogens is 2. The molecule has 1 aromatic carbocycles. The fourth-order valence-corrected chi connectivity index (χ4v) is 1.90. The first-order chi connectivity index (χ1) is 9.06. The minimum absolute atomic E-state index is 0.155. The Labute approximate surface area is 110 Å². The van der Waals surface area contributed by atoms with Crippen LogP contribution in [0.5, 0.6) is 0 Å². The van der Waals surface area contributed by atoms with Gasteiger partial charge in [-0.05, 0) is 32.4 Å². The van der Waals surface area contributed by atoms with Gasteiger partial charge in [0, 0.05) is 17.7 Å². The molecular formula is C14H15F2N3. The molecule has 0 aliphatic heterocycles. The van der Waals surface area contributed by atoms with E-state index in [9.17, 15) is 8.78 Å². The highest BCUT2D eigenvalue weighted by Crippen LogP contribution is 2.29. The summed E-state index contributed by atoms with van der Waals surface area (Å²) in [5, 5.41) is 3.06. The normalized spacial score (nSPS) is 10.6. The summed E-state index contributed by atoms with van der Waals surface area (Å²) >= 11 is 0. The molecule has 19 heavy (non-hydrogen) atoms. The number of hydrogen-bond acceptors (Lipinski definition) is 3. The van der Waals surface area contributed by atoms with Gasteiger partial charge in [-0.2, -0.15) is 0 Å². The molecule has 1 N–H and O–H groups in total. The number of benzene rings is 1. The highest BCUT2D eigenvalue weighted by Gasteiger charge is 2.16. The minimum atomic E-state index is -0.871. The van der Waals surface area contributed by atoms with Gasteiger partial charge in [0.2, 0.25) is 0 Å². The van der Waals surface area contributed by atoms with E-state index in [1.54, 1.807) is 19.1 Å². The van der Waals surface area contributed by atoms with Crippen LogP contribution in [0.25, 0.3) is 11.3 Å². The molecule has 0 atom stereocenters. The summed E-state index contributed by atoms with van der Waals surface area (Å²) in [5.74, 6) is -1.07. The fraction of sp³-hybridized carbons (Fsp3) is 0.286. The van der Waals surface area contributed by atoms with Crippen LogP contribution in [0.3, 0.4) is 0 Å². The second-order valence-electron chi connectivity index (χ2n) is 4.28. The molecule has 0 aliphatic carbocycles. The number of anilines is 1. The first-order valence-corrected chi connectivity index (χ1v) is 6.06. The van der Waals surface area contributed by atoms with Crippen LogP contribution in [-0.4, -0.2) is 16.5 Å². The smallest absolute Gasteiger partial charge is 0.168 e. The van der Waals surface area contributed by atoms with Crippen LogP contribution in [0.4, 0.5) is 14.6 Å².